The summed E-state index contributed by atoms with van der Waals surface area (Å²) < 4.78 is 3.18. The van der Waals surface area contributed by atoms with Crippen molar-refractivity contribution in [1.82, 2.24) is 15.0 Å². The van der Waals surface area contributed by atoms with E-state index >= 15 is 0 Å². The standard InChI is InChI=1S/C10H7Br2N3O/c1-15-5-9(13-14-15)10(16)6-2-7(11)4-8(12)3-6/h2-5H,1H3. The summed E-state index contributed by atoms with van der Waals surface area (Å²) in [5.41, 5.74) is 0.911. The van der Waals surface area contributed by atoms with E-state index in [0.717, 1.165) is 8.95 Å². The van der Waals surface area contributed by atoms with E-state index in [4.69, 9.17) is 0 Å². The fraction of sp³-hybridized carbons (Fsp3) is 0.100. The maximum Gasteiger partial charge on any atom is 0.214 e. The Labute approximate surface area is 109 Å². The molecule has 0 unspecified atom stereocenters. The third-order valence-corrected chi connectivity index (χ3v) is 2.88. The zero-order valence-electron chi connectivity index (χ0n) is 8.32. The molecule has 0 saturated carbocycles. The number of carbonyl (C=O) groups is 1. The Morgan fingerprint density at radius 3 is 2.38 bits per heavy atom. The summed E-state index contributed by atoms with van der Waals surface area (Å²) in [6.07, 6.45) is 1.59. The lowest BCUT2D eigenvalue weighted by Crippen LogP contribution is -2.01. The molecule has 6 heteroatoms. The number of halogens is 2. The van der Waals surface area contributed by atoms with Gasteiger partial charge in [0, 0.05) is 21.6 Å². The van der Waals surface area contributed by atoms with Crippen molar-refractivity contribution in [2.75, 3.05) is 0 Å². The van der Waals surface area contributed by atoms with Gasteiger partial charge in [0.05, 0.1) is 6.20 Å². The highest BCUT2D eigenvalue weighted by Crippen LogP contribution is 2.21. The highest BCUT2D eigenvalue weighted by Gasteiger charge is 2.13. The average Bonchev–Trinajstić information content (AvgIpc) is 2.62. The van der Waals surface area contributed by atoms with Crippen molar-refractivity contribution in [3.05, 3.63) is 44.6 Å². The van der Waals surface area contributed by atoms with Crippen molar-refractivity contribution in [2.24, 2.45) is 7.05 Å². The van der Waals surface area contributed by atoms with E-state index in [1.54, 1.807) is 25.4 Å². The molecule has 1 aromatic heterocycles. The quantitative estimate of drug-likeness (QED) is 0.787. The molecule has 0 fully saturated rings. The molecule has 82 valence electrons. The minimum Gasteiger partial charge on any atom is -0.287 e. The molecule has 0 saturated heterocycles. The molecule has 2 rings (SSSR count). The van der Waals surface area contributed by atoms with Crippen LogP contribution in [0.4, 0.5) is 0 Å². The number of carbonyl (C=O) groups excluding carboxylic acids is 1. The smallest absolute Gasteiger partial charge is 0.214 e. The molecule has 0 N–H and O–H groups in total. The highest BCUT2D eigenvalue weighted by molar-refractivity contribution is 9.11. The van der Waals surface area contributed by atoms with Gasteiger partial charge < -0.3 is 0 Å². The van der Waals surface area contributed by atoms with Gasteiger partial charge in [0.1, 0.15) is 0 Å². The fourth-order valence-electron chi connectivity index (χ4n) is 1.28. The van der Waals surface area contributed by atoms with Gasteiger partial charge in [-0.1, -0.05) is 37.1 Å². The summed E-state index contributed by atoms with van der Waals surface area (Å²) in [4.78, 5) is 12.0. The SMILES string of the molecule is Cn1cc(C(=O)c2cc(Br)cc(Br)c2)nn1. The second-order valence-corrected chi connectivity index (χ2v) is 5.10. The molecule has 0 amide bonds. The molecular formula is C10H7Br2N3O. The number of hydrogen-bond acceptors (Lipinski definition) is 3. The van der Waals surface area contributed by atoms with Crippen LogP contribution >= 0.6 is 31.9 Å². The number of nitrogens with zero attached hydrogens (tertiary/aromatic N) is 3. The number of aryl methyl sites for hydroxylation is 1. The molecule has 0 spiro atoms. The van der Waals surface area contributed by atoms with Gasteiger partial charge in [0.2, 0.25) is 5.78 Å². The topological polar surface area (TPSA) is 47.8 Å². The van der Waals surface area contributed by atoms with Crippen molar-refractivity contribution >= 4 is 37.6 Å². The zero-order chi connectivity index (χ0) is 11.7. The average molecular weight is 345 g/mol. The third-order valence-electron chi connectivity index (χ3n) is 1.96. The predicted molar refractivity (Wildman–Crippen MR) is 66.3 cm³/mol. The van der Waals surface area contributed by atoms with E-state index in [1.807, 2.05) is 6.07 Å². The Kier molecular flexibility index (Phi) is 3.20. The van der Waals surface area contributed by atoms with E-state index in [1.165, 1.54) is 4.68 Å². The summed E-state index contributed by atoms with van der Waals surface area (Å²) in [5, 5.41) is 7.51. The monoisotopic (exact) mass is 343 g/mol. The minimum atomic E-state index is -0.143. The van der Waals surface area contributed by atoms with E-state index < -0.39 is 0 Å². The molecule has 0 radical (unpaired) electrons. The Balaban J connectivity index is 2.41. The molecule has 0 aliphatic carbocycles. The van der Waals surface area contributed by atoms with Gasteiger partial charge in [0.15, 0.2) is 5.69 Å². The normalized spacial score (nSPS) is 10.4. The first-order valence-electron chi connectivity index (χ1n) is 4.43. The summed E-state index contributed by atoms with van der Waals surface area (Å²) in [6, 6.07) is 5.37. The molecule has 0 aliphatic rings. The van der Waals surface area contributed by atoms with Crippen molar-refractivity contribution < 1.29 is 4.79 Å². The number of benzene rings is 1. The Morgan fingerprint density at radius 2 is 1.88 bits per heavy atom. The third kappa shape index (κ3) is 2.38. The lowest BCUT2D eigenvalue weighted by Gasteiger charge is -1.99. The van der Waals surface area contributed by atoms with E-state index in [-0.39, 0.29) is 5.78 Å². The number of rotatable bonds is 2. The molecule has 0 atom stereocenters. The van der Waals surface area contributed by atoms with Crippen LogP contribution in [0.5, 0.6) is 0 Å². The van der Waals surface area contributed by atoms with Gasteiger partial charge >= 0.3 is 0 Å². The molecule has 1 heterocycles. The lowest BCUT2D eigenvalue weighted by atomic mass is 10.1. The van der Waals surface area contributed by atoms with Gasteiger partial charge in [-0.15, -0.1) is 5.10 Å². The lowest BCUT2D eigenvalue weighted by molar-refractivity contribution is 0.103. The number of hydrogen-bond donors (Lipinski definition) is 0. The second-order valence-electron chi connectivity index (χ2n) is 3.26. The van der Waals surface area contributed by atoms with E-state index in [2.05, 4.69) is 42.2 Å². The summed E-state index contributed by atoms with van der Waals surface area (Å²) in [7, 11) is 1.72. The fourth-order valence-corrected chi connectivity index (χ4v) is 2.58. The number of aromatic nitrogens is 3. The zero-order valence-corrected chi connectivity index (χ0v) is 11.5. The summed E-state index contributed by atoms with van der Waals surface area (Å²) in [5.74, 6) is -0.143. The molecule has 0 bridgehead atoms. The van der Waals surface area contributed by atoms with Crippen LogP contribution in [0.3, 0.4) is 0 Å². The van der Waals surface area contributed by atoms with Crippen LogP contribution < -0.4 is 0 Å². The van der Waals surface area contributed by atoms with E-state index in [0.29, 0.717) is 11.3 Å². The second kappa shape index (κ2) is 4.47. The molecular weight excluding hydrogens is 338 g/mol. The van der Waals surface area contributed by atoms with E-state index in [9.17, 15) is 4.79 Å². The van der Waals surface area contributed by atoms with Crippen LogP contribution in [0.1, 0.15) is 16.1 Å². The Hall–Kier alpha value is -1.01. The molecule has 0 aliphatic heterocycles. The minimum absolute atomic E-state index is 0.143. The van der Waals surface area contributed by atoms with Crippen molar-refractivity contribution in [3.8, 4) is 0 Å². The summed E-state index contributed by atoms with van der Waals surface area (Å²) in [6.45, 7) is 0. The highest BCUT2D eigenvalue weighted by atomic mass is 79.9. The molecule has 16 heavy (non-hydrogen) atoms. The van der Waals surface area contributed by atoms with Gasteiger partial charge in [0.25, 0.3) is 0 Å². The maximum atomic E-state index is 12.0. The first-order chi connectivity index (χ1) is 7.56. The Morgan fingerprint density at radius 1 is 1.25 bits per heavy atom. The van der Waals surface area contributed by atoms with Crippen LogP contribution in [0, 0.1) is 0 Å². The molecule has 4 nitrogen and oxygen atoms in total. The largest absolute Gasteiger partial charge is 0.287 e. The van der Waals surface area contributed by atoms with Gasteiger partial charge in [-0.2, -0.15) is 0 Å². The predicted octanol–water partition coefficient (Wildman–Crippen LogP) is 2.57. The first kappa shape index (κ1) is 11.5. The maximum absolute atomic E-state index is 12.0. The first-order valence-corrected chi connectivity index (χ1v) is 6.02. The van der Waals surface area contributed by atoms with Crippen LogP contribution in [-0.2, 0) is 7.05 Å². The van der Waals surface area contributed by atoms with Crippen molar-refractivity contribution in [1.29, 1.82) is 0 Å². The summed E-state index contributed by atoms with van der Waals surface area (Å²) >= 11 is 6.67. The van der Waals surface area contributed by atoms with Crippen LogP contribution in [0.15, 0.2) is 33.3 Å². The van der Waals surface area contributed by atoms with Crippen molar-refractivity contribution in [2.45, 2.75) is 0 Å². The van der Waals surface area contributed by atoms with Crippen LogP contribution in [0.25, 0.3) is 0 Å². The number of ketones is 1. The Bertz CT molecular complexity index is 530. The van der Waals surface area contributed by atoms with Crippen molar-refractivity contribution in [3.63, 3.8) is 0 Å². The van der Waals surface area contributed by atoms with Crippen LogP contribution in [-0.4, -0.2) is 20.8 Å². The van der Waals surface area contributed by atoms with Gasteiger partial charge in [-0.25, -0.2) is 0 Å². The molecule has 2 aromatic rings. The molecule has 1 aromatic carbocycles. The van der Waals surface area contributed by atoms with Gasteiger partial charge in [-0.3, -0.25) is 9.48 Å². The van der Waals surface area contributed by atoms with Gasteiger partial charge in [-0.05, 0) is 18.2 Å². The van der Waals surface area contributed by atoms with Crippen LogP contribution in [0.2, 0.25) is 0 Å².